The average molecular weight is 260 g/mol. The highest BCUT2D eigenvalue weighted by molar-refractivity contribution is 7.89. The Bertz CT molecular complexity index is 539. The number of non-ortho nitro benzene ring substituents is 1. The molecule has 8 heteroatoms. The van der Waals surface area contributed by atoms with Crippen LogP contribution in [0.2, 0.25) is 0 Å². The van der Waals surface area contributed by atoms with E-state index in [4.69, 9.17) is 0 Å². The van der Waals surface area contributed by atoms with Crippen LogP contribution >= 0.6 is 0 Å². The van der Waals surface area contributed by atoms with E-state index in [1.807, 2.05) is 4.72 Å². The fraction of sp³-hybridized carbons (Fsp3) is 0.111. The molecular weight excluding hydrogens is 251 g/mol. The first kappa shape index (κ1) is 13.3. The van der Waals surface area contributed by atoms with Crippen molar-refractivity contribution in [2.24, 2.45) is 0 Å². The van der Waals surface area contributed by atoms with E-state index in [1.54, 1.807) is 0 Å². The molecule has 0 saturated heterocycles. The van der Waals surface area contributed by atoms with Crippen molar-refractivity contribution < 1.29 is 17.7 Å². The van der Waals surface area contributed by atoms with Crippen molar-refractivity contribution in [2.75, 3.05) is 6.54 Å². The lowest BCUT2D eigenvalue weighted by Crippen LogP contribution is -2.24. The molecule has 0 radical (unpaired) electrons. The van der Waals surface area contributed by atoms with Crippen molar-refractivity contribution in [1.29, 1.82) is 0 Å². The molecule has 0 aliphatic rings. The molecule has 0 bridgehead atoms. The molecule has 0 atom stereocenters. The number of nitro groups is 1. The molecule has 0 spiro atoms. The van der Waals surface area contributed by atoms with Gasteiger partial charge < -0.3 is 0 Å². The van der Waals surface area contributed by atoms with Gasteiger partial charge in [0.25, 0.3) is 5.69 Å². The zero-order chi connectivity index (χ0) is 13.1. The third-order valence-electron chi connectivity index (χ3n) is 1.81. The molecule has 1 aromatic carbocycles. The third-order valence-corrected chi connectivity index (χ3v) is 3.23. The van der Waals surface area contributed by atoms with E-state index in [2.05, 4.69) is 6.58 Å². The zero-order valence-corrected chi connectivity index (χ0v) is 9.41. The Balaban J connectivity index is 2.92. The Labute approximate surface area is 97.0 Å². The van der Waals surface area contributed by atoms with Crippen LogP contribution in [-0.4, -0.2) is 19.9 Å². The van der Waals surface area contributed by atoms with Gasteiger partial charge in [-0.1, -0.05) is 6.58 Å². The first-order valence-corrected chi connectivity index (χ1v) is 5.88. The van der Waals surface area contributed by atoms with Gasteiger partial charge in [-0.05, 0) is 12.1 Å². The van der Waals surface area contributed by atoms with E-state index in [-0.39, 0.29) is 10.6 Å². The summed E-state index contributed by atoms with van der Waals surface area (Å²) in [7, 11) is -3.87. The van der Waals surface area contributed by atoms with Gasteiger partial charge in [-0.15, -0.1) is 0 Å². The highest BCUT2D eigenvalue weighted by atomic mass is 32.2. The van der Waals surface area contributed by atoms with Crippen molar-refractivity contribution >= 4 is 15.7 Å². The summed E-state index contributed by atoms with van der Waals surface area (Å²) in [5.41, 5.74) is -0.223. The van der Waals surface area contributed by atoms with Crippen LogP contribution in [-0.2, 0) is 10.0 Å². The van der Waals surface area contributed by atoms with Crippen LogP contribution in [0.3, 0.4) is 0 Å². The number of nitro benzene ring substituents is 1. The second-order valence-electron chi connectivity index (χ2n) is 3.09. The minimum Gasteiger partial charge on any atom is -0.258 e. The van der Waals surface area contributed by atoms with Crippen LogP contribution in [0.4, 0.5) is 10.1 Å². The fourth-order valence-corrected chi connectivity index (χ4v) is 2.01. The molecule has 0 heterocycles. The lowest BCUT2D eigenvalue weighted by molar-refractivity contribution is -0.384. The van der Waals surface area contributed by atoms with Crippen LogP contribution in [0.1, 0.15) is 0 Å². The maximum absolute atomic E-state index is 12.3. The number of sulfonamides is 1. The summed E-state index contributed by atoms with van der Waals surface area (Å²) in [6.45, 7) is 2.38. The molecule has 17 heavy (non-hydrogen) atoms. The highest BCUT2D eigenvalue weighted by Gasteiger charge is 2.15. The van der Waals surface area contributed by atoms with Crippen LogP contribution < -0.4 is 4.72 Å². The second-order valence-corrected chi connectivity index (χ2v) is 4.86. The summed E-state index contributed by atoms with van der Waals surface area (Å²) in [4.78, 5) is 9.53. The average Bonchev–Trinajstić information content (AvgIpc) is 2.27. The largest absolute Gasteiger partial charge is 0.269 e. The predicted octanol–water partition coefficient (Wildman–Crippen LogP) is 1.36. The summed E-state index contributed by atoms with van der Waals surface area (Å²) < 4.78 is 37.3. The maximum Gasteiger partial charge on any atom is 0.269 e. The van der Waals surface area contributed by atoms with E-state index in [0.29, 0.717) is 0 Å². The van der Waals surface area contributed by atoms with Crippen molar-refractivity contribution in [3.63, 3.8) is 0 Å². The van der Waals surface area contributed by atoms with E-state index in [0.717, 1.165) is 24.3 Å². The maximum atomic E-state index is 12.3. The van der Waals surface area contributed by atoms with Crippen molar-refractivity contribution in [2.45, 2.75) is 4.90 Å². The molecule has 0 amide bonds. The van der Waals surface area contributed by atoms with Crippen LogP contribution in [0, 0.1) is 10.1 Å². The molecule has 0 aliphatic carbocycles. The lowest BCUT2D eigenvalue weighted by Gasteiger charge is -2.04. The lowest BCUT2D eigenvalue weighted by atomic mass is 10.3. The topological polar surface area (TPSA) is 89.3 Å². The van der Waals surface area contributed by atoms with Crippen LogP contribution in [0.15, 0.2) is 41.6 Å². The van der Waals surface area contributed by atoms with Crippen molar-refractivity contribution in [3.05, 3.63) is 46.8 Å². The summed E-state index contributed by atoms with van der Waals surface area (Å²) in [5, 5.41) is 10.4. The second kappa shape index (κ2) is 5.02. The number of hydrogen-bond donors (Lipinski definition) is 1. The van der Waals surface area contributed by atoms with Gasteiger partial charge in [0.15, 0.2) is 0 Å². The SMILES string of the molecule is C=C(F)CNS(=O)(=O)c1ccc([N+](=O)[O-])cc1. The van der Waals surface area contributed by atoms with E-state index >= 15 is 0 Å². The molecule has 0 aliphatic heterocycles. The molecule has 92 valence electrons. The quantitative estimate of drug-likeness (QED) is 0.639. The number of rotatable bonds is 5. The standard InChI is InChI=1S/C9H9FN2O4S/c1-7(10)6-11-17(15,16)9-4-2-8(3-5-9)12(13)14/h2-5,11H,1,6H2. The predicted molar refractivity (Wildman–Crippen MR) is 58.5 cm³/mol. The van der Waals surface area contributed by atoms with Gasteiger partial charge in [-0.2, -0.15) is 0 Å². The first-order chi connectivity index (χ1) is 7.83. The summed E-state index contributed by atoms with van der Waals surface area (Å²) in [6.07, 6.45) is 0. The normalized spacial score (nSPS) is 11.1. The van der Waals surface area contributed by atoms with E-state index < -0.39 is 27.3 Å². The Hall–Kier alpha value is -1.80. The molecular formula is C9H9FN2O4S. The molecule has 0 saturated carbocycles. The van der Waals surface area contributed by atoms with Gasteiger partial charge in [0.2, 0.25) is 10.0 Å². The number of benzene rings is 1. The molecule has 1 N–H and O–H groups in total. The van der Waals surface area contributed by atoms with Crippen LogP contribution in [0.25, 0.3) is 0 Å². The van der Waals surface area contributed by atoms with Gasteiger partial charge in [0, 0.05) is 12.1 Å². The van der Waals surface area contributed by atoms with Gasteiger partial charge in [-0.25, -0.2) is 17.5 Å². The Morgan fingerprint density at radius 3 is 2.35 bits per heavy atom. The van der Waals surface area contributed by atoms with Crippen molar-refractivity contribution in [1.82, 2.24) is 4.72 Å². The van der Waals surface area contributed by atoms with E-state index in [1.165, 1.54) is 0 Å². The molecule has 0 fully saturated rings. The first-order valence-electron chi connectivity index (χ1n) is 4.40. The van der Waals surface area contributed by atoms with E-state index in [9.17, 15) is 22.9 Å². The number of nitrogens with one attached hydrogen (secondary N) is 1. The number of halogens is 1. The monoisotopic (exact) mass is 260 g/mol. The smallest absolute Gasteiger partial charge is 0.258 e. The Kier molecular flexibility index (Phi) is 3.92. The molecule has 0 unspecified atom stereocenters. The molecule has 1 aromatic rings. The molecule has 6 nitrogen and oxygen atoms in total. The number of hydrogen-bond acceptors (Lipinski definition) is 4. The summed E-state index contributed by atoms with van der Waals surface area (Å²) in [5.74, 6) is -0.824. The Morgan fingerprint density at radius 1 is 1.41 bits per heavy atom. The van der Waals surface area contributed by atoms with Gasteiger partial charge in [-0.3, -0.25) is 10.1 Å². The Morgan fingerprint density at radius 2 is 1.94 bits per heavy atom. The molecule has 1 rings (SSSR count). The van der Waals surface area contributed by atoms with Gasteiger partial charge in [0.1, 0.15) is 5.83 Å². The third kappa shape index (κ3) is 3.61. The summed E-state index contributed by atoms with van der Waals surface area (Å²) >= 11 is 0. The minimum atomic E-state index is -3.87. The van der Waals surface area contributed by atoms with Gasteiger partial charge >= 0.3 is 0 Å². The van der Waals surface area contributed by atoms with Crippen LogP contribution in [0.5, 0.6) is 0 Å². The summed E-state index contributed by atoms with van der Waals surface area (Å²) in [6, 6.07) is 4.25. The minimum absolute atomic E-state index is 0.177. The fourth-order valence-electron chi connectivity index (χ4n) is 1.00. The zero-order valence-electron chi connectivity index (χ0n) is 8.59. The molecule has 0 aromatic heterocycles. The number of nitrogens with zero attached hydrogens (tertiary/aromatic N) is 1. The van der Waals surface area contributed by atoms with Gasteiger partial charge in [0.05, 0.1) is 16.4 Å². The van der Waals surface area contributed by atoms with Crippen molar-refractivity contribution in [3.8, 4) is 0 Å². The highest BCUT2D eigenvalue weighted by Crippen LogP contribution is 2.15.